The van der Waals surface area contributed by atoms with Crippen molar-refractivity contribution in [3.63, 3.8) is 0 Å². The number of guanidine groups is 1. The third kappa shape index (κ3) is 5.64. The van der Waals surface area contributed by atoms with Crippen LogP contribution < -0.4 is 10.6 Å². The Hall–Kier alpha value is -1.88. The van der Waals surface area contributed by atoms with Gasteiger partial charge in [0.1, 0.15) is 0 Å². The lowest BCUT2D eigenvalue weighted by atomic mass is 9.85. The summed E-state index contributed by atoms with van der Waals surface area (Å²) in [5.74, 6) is 0.856. The van der Waals surface area contributed by atoms with E-state index in [1.807, 2.05) is 14.0 Å². The van der Waals surface area contributed by atoms with Crippen molar-refractivity contribution in [2.75, 3.05) is 20.1 Å². The fraction of sp³-hybridized carbons (Fsp3) is 0.474. The first-order valence-electron chi connectivity index (χ1n) is 8.42. The number of hydrogen-bond donors (Lipinski definition) is 2. The fourth-order valence-corrected chi connectivity index (χ4v) is 3.30. The predicted octanol–water partition coefficient (Wildman–Crippen LogP) is 3.53. The summed E-state index contributed by atoms with van der Waals surface area (Å²) in [5, 5.41) is 10.1. The number of rotatable bonds is 7. The summed E-state index contributed by atoms with van der Waals surface area (Å²) in [6.45, 7) is 8.26. The van der Waals surface area contributed by atoms with Gasteiger partial charge in [-0.3, -0.25) is 4.99 Å². The van der Waals surface area contributed by atoms with Crippen molar-refractivity contribution in [2.45, 2.75) is 39.0 Å². The average molecular weight is 345 g/mol. The van der Waals surface area contributed by atoms with Gasteiger partial charge < -0.3 is 10.6 Å². The lowest BCUT2D eigenvalue weighted by Crippen LogP contribution is -2.43. The van der Waals surface area contributed by atoms with Crippen molar-refractivity contribution in [3.05, 3.63) is 52.0 Å². The van der Waals surface area contributed by atoms with Crippen LogP contribution in [-0.2, 0) is 11.8 Å². The van der Waals surface area contributed by atoms with Crippen molar-refractivity contribution < 1.29 is 0 Å². The number of benzene rings is 1. The molecule has 0 aliphatic rings. The van der Waals surface area contributed by atoms with E-state index in [4.69, 9.17) is 0 Å². The zero-order chi connectivity index (χ0) is 17.4. The minimum absolute atomic E-state index is 0.0529. The molecule has 0 saturated heterocycles. The lowest BCUT2D eigenvalue weighted by molar-refractivity contribution is 0.508. The standard InChI is InChI=1S/C19H28N4S/c1-15-13-24-17(23-15)11-8-12-21-18(20-4)22-14-19(2,3)16-9-6-5-7-10-16/h5-7,9-10,13H,8,11-12,14H2,1-4H3,(H2,20,21,22). The highest BCUT2D eigenvalue weighted by Crippen LogP contribution is 2.21. The molecule has 0 aliphatic heterocycles. The largest absolute Gasteiger partial charge is 0.356 e. The topological polar surface area (TPSA) is 49.3 Å². The number of hydrogen-bond acceptors (Lipinski definition) is 3. The summed E-state index contributed by atoms with van der Waals surface area (Å²) < 4.78 is 0. The molecule has 0 bridgehead atoms. The van der Waals surface area contributed by atoms with Crippen LogP contribution in [0.3, 0.4) is 0 Å². The minimum Gasteiger partial charge on any atom is -0.356 e. The Bertz CT molecular complexity index is 646. The molecule has 24 heavy (non-hydrogen) atoms. The van der Waals surface area contributed by atoms with Crippen LogP contribution >= 0.6 is 11.3 Å². The molecule has 130 valence electrons. The monoisotopic (exact) mass is 344 g/mol. The Labute approximate surface area is 149 Å². The zero-order valence-electron chi connectivity index (χ0n) is 15.1. The van der Waals surface area contributed by atoms with Gasteiger partial charge in [0.15, 0.2) is 5.96 Å². The van der Waals surface area contributed by atoms with E-state index in [0.717, 1.165) is 37.6 Å². The molecule has 2 N–H and O–H groups in total. The summed E-state index contributed by atoms with van der Waals surface area (Å²) in [7, 11) is 1.81. The first-order chi connectivity index (χ1) is 11.5. The van der Waals surface area contributed by atoms with E-state index in [-0.39, 0.29) is 5.41 Å². The maximum absolute atomic E-state index is 4.49. The van der Waals surface area contributed by atoms with Crippen molar-refractivity contribution in [2.24, 2.45) is 4.99 Å². The van der Waals surface area contributed by atoms with E-state index >= 15 is 0 Å². The van der Waals surface area contributed by atoms with Gasteiger partial charge in [-0.05, 0) is 18.9 Å². The molecule has 0 atom stereocenters. The second kappa shape index (κ2) is 8.83. The van der Waals surface area contributed by atoms with Crippen LogP contribution in [0.15, 0.2) is 40.7 Å². The summed E-state index contributed by atoms with van der Waals surface area (Å²) in [6, 6.07) is 10.6. The molecule has 0 aliphatic carbocycles. The SMILES string of the molecule is CN=C(NCCCc1nc(C)cs1)NCC(C)(C)c1ccccc1. The molecule has 0 amide bonds. The number of thiazole rings is 1. The number of aryl methyl sites for hydroxylation is 2. The number of aromatic nitrogens is 1. The summed E-state index contributed by atoms with van der Waals surface area (Å²) >= 11 is 1.74. The summed E-state index contributed by atoms with van der Waals surface area (Å²) in [5.41, 5.74) is 2.49. The molecular formula is C19H28N4S. The third-order valence-corrected chi connectivity index (χ3v) is 5.03. The van der Waals surface area contributed by atoms with Crippen LogP contribution in [0.5, 0.6) is 0 Å². The van der Waals surface area contributed by atoms with E-state index in [2.05, 4.69) is 70.2 Å². The molecule has 1 aromatic heterocycles. The Morgan fingerprint density at radius 3 is 2.58 bits per heavy atom. The molecule has 2 rings (SSSR count). The number of aliphatic imine (C=N–C) groups is 1. The van der Waals surface area contributed by atoms with Crippen LogP contribution in [0, 0.1) is 6.92 Å². The van der Waals surface area contributed by atoms with Gasteiger partial charge in [0, 0.05) is 43.0 Å². The highest BCUT2D eigenvalue weighted by molar-refractivity contribution is 7.09. The van der Waals surface area contributed by atoms with Crippen molar-refractivity contribution in [1.82, 2.24) is 15.6 Å². The number of nitrogens with zero attached hydrogens (tertiary/aromatic N) is 2. The molecule has 1 aromatic carbocycles. The zero-order valence-corrected chi connectivity index (χ0v) is 15.9. The number of nitrogens with one attached hydrogen (secondary N) is 2. The van der Waals surface area contributed by atoms with E-state index < -0.39 is 0 Å². The average Bonchev–Trinajstić information content (AvgIpc) is 3.00. The van der Waals surface area contributed by atoms with E-state index in [1.165, 1.54) is 10.6 Å². The molecule has 0 saturated carbocycles. The maximum Gasteiger partial charge on any atom is 0.191 e. The summed E-state index contributed by atoms with van der Waals surface area (Å²) in [6.07, 6.45) is 2.06. The van der Waals surface area contributed by atoms with Gasteiger partial charge in [0.05, 0.1) is 5.01 Å². The quantitative estimate of drug-likeness (QED) is 0.459. The van der Waals surface area contributed by atoms with E-state index in [1.54, 1.807) is 11.3 Å². The van der Waals surface area contributed by atoms with Crippen LogP contribution in [0.1, 0.15) is 36.5 Å². The first kappa shape index (κ1) is 18.5. The highest BCUT2D eigenvalue weighted by atomic mass is 32.1. The Kier molecular flexibility index (Phi) is 6.79. The van der Waals surface area contributed by atoms with Gasteiger partial charge in [0.25, 0.3) is 0 Å². The first-order valence-corrected chi connectivity index (χ1v) is 9.30. The van der Waals surface area contributed by atoms with Gasteiger partial charge in [-0.25, -0.2) is 4.98 Å². The molecular weight excluding hydrogens is 316 g/mol. The molecule has 1 heterocycles. The van der Waals surface area contributed by atoms with Crippen LogP contribution in [0.4, 0.5) is 0 Å². The van der Waals surface area contributed by atoms with Crippen LogP contribution in [0.25, 0.3) is 0 Å². The van der Waals surface area contributed by atoms with Gasteiger partial charge in [-0.15, -0.1) is 11.3 Å². The maximum atomic E-state index is 4.49. The lowest BCUT2D eigenvalue weighted by Gasteiger charge is -2.26. The molecule has 0 unspecified atom stereocenters. The highest BCUT2D eigenvalue weighted by Gasteiger charge is 2.20. The second-order valence-corrected chi connectivity index (χ2v) is 7.53. The molecule has 0 fully saturated rings. The fourth-order valence-electron chi connectivity index (χ4n) is 2.48. The van der Waals surface area contributed by atoms with Crippen LogP contribution in [-0.4, -0.2) is 31.1 Å². The summed E-state index contributed by atoms with van der Waals surface area (Å²) in [4.78, 5) is 8.81. The van der Waals surface area contributed by atoms with Gasteiger partial charge in [0.2, 0.25) is 0 Å². The van der Waals surface area contributed by atoms with Crippen molar-refractivity contribution in [1.29, 1.82) is 0 Å². The molecule has 0 radical (unpaired) electrons. The van der Waals surface area contributed by atoms with Gasteiger partial charge in [-0.1, -0.05) is 44.2 Å². The second-order valence-electron chi connectivity index (χ2n) is 6.59. The van der Waals surface area contributed by atoms with Crippen LogP contribution in [0.2, 0.25) is 0 Å². The Morgan fingerprint density at radius 1 is 1.21 bits per heavy atom. The Morgan fingerprint density at radius 2 is 1.96 bits per heavy atom. The van der Waals surface area contributed by atoms with E-state index in [9.17, 15) is 0 Å². The minimum atomic E-state index is 0.0529. The van der Waals surface area contributed by atoms with Crippen molar-refractivity contribution in [3.8, 4) is 0 Å². The molecule has 2 aromatic rings. The van der Waals surface area contributed by atoms with Crippen molar-refractivity contribution >= 4 is 17.3 Å². The normalized spacial score (nSPS) is 12.2. The van der Waals surface area contributed by atoms with Gasteiger partial charge >= 0.3 is 0 Å². The molecule has 4 nitrogen and oxygen atoms in total. The van der Waals surface area contributed by atoms with Gasteiger partial charge in [-0.2, -0.15) is 0 Å². The van der Waals surface area contributed by atoms with E-state index in [0.29, 0.717) is 0 Å². The molecule has 0 spiro atoms. The third-order valence-electron chi connectivity index (χ3n) is 4.00. The Balaban J connectivity index is 1.74. The smallest absolute Gasteiger partial charge is 0.191 e. The predicted molar refractivity (Wildman–Crippen MR) is 104 cm³/mol. The molecule has 5 heteroatoms.